The van der Waals surface area contributed by atoms with Crippen LogP contribution in [-0.4, -0.2) is 63.4 Å². The summed E-state index contributed by atoms with van der Waals surface area (Å²) >= 11 is 1.81. The molecule has 0 bridgehead atoms. The van der Waals surface area contributed by atoms with Gasteiger partial charge in [-0.25, -0.2) is 9.59 Å². The topological polar surface area (TPSA) is 89.9 Å². The molecule has 0 radical (unpaired) electrons. The van der Waals surface area contributed by atoms with Crippen molar-refractivity contribution in [2.24, 2.45) is 0 Å². The van der Waals surface area contributed by atoms with Gasteiger partial charge in [0.15, 0.2) is 6.04 Å². The molecule has 0 saturated carbocycles. The summed E-state index contributed by atoms with van der Waals surface area (Å²) in [5.74, 6) is -1.23. The maximum atomic E-state index is 11.8. The summed E-state index contributed by atoms with van der Waals surface area (Å²) in [5, 5.41) is 20.5. The minimum Gasteiger partial charge on any atom is -0.480 e. The Morgan fingerprint density at radius 2 is 1.94 bits per heavy atom. The number of carboxylic acid groups (broad SMARTS) is 1. The maximum absolute atomic E-state index is 11.8. The van der Waals surface area contributed by atoms with Gasteiger partial charge in [0.1, 0.15) is 0 Å². The van der Waals surface area contributed by atoms with Gasteiger partial charge in [0.05, 0.1) is 6.61 Å². The van der Waals surface area contributed by atoms with Gasteiger partial charge >= 0.3 is 12.0 Å². The van der Waals surface area contributed by atoms with Crippen molar-refractivity contribution in [2.45, 2.75) is 30.4 Å². The first-order valence-corrected chi connectivity index (χ1v) is 6.43. The van der Waals surface area contributed by atoms with Gasteiger partial charge in [-0.3, -0.25) is 0 Å². The number of urea groups is 1. The summed E-state index contributed by atoms with van der Waals surface area (Å²) in [4.78, 5) is 24.1. The van der Waals surface area contributed by atoms with E-state index >= 15 is 0 Å². The molecule has 0 aromatic heterocycles. The van der Waals surface area contributed by atoms with Gasteiger partial charge < -0.3 is 20.4 Å². The van der Waals surface area contributed by atoms with E-state index in [0.29, 0.717) is 23.6 Å². The molecule has 1 fully saturated rings. The number of nitrogens with one attached hydrogen (secondary N) is 1. The quantitative estimate of drug-likeness (QED) is 0.664. The lowest BCUT2D eigenvalue weighted by Gasteiger charge is -2.35. The smallest absolute Gasteiger partial charge is 0.328 e. The van der Waals surface area contributed by atoms with Crippen LogP contribution in [0.4, 0.5) is 4.79 Å². The minimum atomic E-state index is -1.23. The molecule has 0 aromatic carbocycles. The summed E-state index contributed by atoms with van der Waals surface area (Å²) in [6, 6.07) is -1.66. The van der Waals surface area contributed by atoms with Gasteiger partial charge in [0.25, 0.3) is 0 Å². The summed E-state index contributed by atoms with van der Waals surface area (Å²) in [5.41, 5.74) is 0. The fourth-order valence-electron chi connectivity index (χ4n) is 1.77. The highest BCUT2D eigenvalue weighted by atomic mass is 32.2. The van der Waals surface area contributed by atoms with E-state index in [1.54, 1.807) is 16.7 Å². The maximum Gasteiger partial charge on any atom is 0.328 e. The Morgan fingerprint density at radius 3 is 2.35 bits per heavy atom. The number of aliphatic carboxylic acids is 1. The number of amides is 2. The second-order valence-corrected chi connectivity index (χ2v) is 6.07. The summed E-state index contributed by atoms with van der Waals surface area (Å²) in [6.45, 7) is 4.65. The largest absolute Gasteiger partial charge is 0.480 e. The second kappa shape index (κ2) is 6.11. The number of nitrogens with zero attached hydrogens (tertiary/aromatic N) is 1. The number of aliphatic hydroxyl groups excluding tert-OH is 1. The zero-order chi connectivity index (χ0) is 13.0. The lowest BCUT2D eigenvalue weighted by molar-refractivity contribution is -0.140. The van der Waals surface area contributed by atoms with Crippen LogP contribution in [0.25, 0.3) is 0 Å². The van der Waals surface area contributed by atoms with E-state index in [2.05, 4.69) is 5.32 Å². The van der Waals surface area contributed by atoms with E-state index in [1.165, 1.54) is 0 Å². The Bertz CT molecular complexity index is 290. The van der Waals surface area contributed by atoms with Crippen LogP contribution in [-0.2, 0) is 4.79 Å². The molecular weight excluding hydrogens is 244 g/mol. The molecular formula is C10H18N2O4S. The molecule has 1 aliphatic rings. The number of carbonyl (C=O) groups is 2. The molecule has 6 nitrogen and oxygen atoms in total. The molecule has 0 spiro atoms. The van der Waals surface area contributed by atoms with Crippen LogP contribution in [0.3, 0.4) is 0 Å². The number of hydrogen-bond donors (Lipinski definition) is 3. The number of carbonyl (C=O) groups excluding carboxylic acids is 1. The third kappa shape index (κ3) is 4.08. The number of carboxylic acids is 1. The third-order valence-corrected chi connectivity index (χ3v) is 3.71. The van der Waals surface area contributed by atoms with Crippen LogP contribution < -0.4 is 5.32 Å². The van der Waals surface area contributed by atoms with Crippen LogP contribution in [0, 0.1) is 0 Å². The summed E-state index contributed by atoms with van der Waals surface area (Å²) in [6.07, 6.45) is 0. The molecule has 0 aliphatic carbocycles. The van der Waals surface area contributed by atoms with E-state index in [1.807, 2.05) is 13.8 Å². The SMILES string of the molecule is CC1CN(C(=O)N[C@H](CO)C(=O)O)CC(C)S1. The van der Waals surface area contributed by atoms with Gasteiger partial charge in [-0.15, -0.1) is 0 Å². The van der Waals surface area contributed by atoms with Crippen molar-refractivity contribution in [3.63, 3.8) is 0 Å². The predicted octanol–water partition coefficient (Wildman–Crippen LogP) is -0.0327. The highest BCUT2D eigenvalue weighted by Crippen LogP contribution is 2.24. The Kier molecular flexibility index (Phi) is 5.07. The lowest BCUT2D eigenvalue weighted by atomic mass is 10.3. The molecule has 1 saturated heterocycles. The Hall–Kier alpha value is -0.950. The van der Waals surface area contributed by atoms with Crippen LogP contribution in [0.15, 0.2) is 0 Å². The highest BCUT2D eigenvalue weighted by Gasteiger charge is 2.28. The van der Waals surface area contributed by atoms with E-state index < -0.39 is 24.6 Å². The van der Waals surface area contributed by atoms with Crippen LogP contribution in [0.1, 0.15) is 13.8 Å². The van der Waals surface area contributed by atoms with Crippen LogP contribution in [0.2, 0.25) is 0 Å². The zero-order valence-corrected chi connectivity index (χ0v) is 10.7. The van der Waals surface area contributed by atoms with Crippen molar-refractivity contribution < 1.29 is 19.8 Å². The molecule has 3 N–H and O–H groups in total. The minimum absolute atomic E-state index is 0.335. The van der Waals surface area contributed by atoms with Crippen molar-refractivity contribution in [3.05, 3.63) is 0 Å². The van der Waals surface area contributed by atoms with Crippen molar-refractivity contribution in [2.75, 3.05) is 19.7 Å². The first kappa shape index (κ1) is 14.1. The average Bonchev–Trinajstić information content (AvgIpc) is 2.23. The molecule has 98 valence electrons. The molecule has 1 heterocycles. The molecule has 2 unspecified atom stereocenters. The average molecular weight is 262 g/mol. The first-order chi connectivity index (χ1) is 7.93. The van der Waals surface area contributed by atoms with E-state index in [-0.39, 0.29) is 0 Å². The van der Waals surface area contributed by atoms with Crippen LogP contribution >= 0.6 is 11.8 Å². The van der Waals surface area contributed by atoms with E-state index in [4.69, 9.17) is 10.2 Å². The van der Waals surface area contributed by atoms with Gasteiger partial charge in [0.2, 0.25) is 0 Å². The molecule has 1 aliphatic heterocycles. The molecule has 2 amide bonds. The van der Waals surface area contributed by atoms with Crippen molar-refractivity contribution in [1.82, 2.24) is 10.2 Å². The third-order valence-electron chi connectivity index (χ3n) is 2.49. The number of rotatable bonds is 3. The Morgan fingerprint density at radius 1 is 1.41 bits per heavy atom. The fraction of sp³-hybridized carbons (Fsp3) is 0.800. The standard InChI is InChI=1S/C10H18N2O4S/c1-6-3-12(4-7(2)17-6)10(16)11-8(5-13)9(14)15/h6-8,13H,3-5H2,1-2H3,(H,11,16)(H,14,15)/t6?,7?,8-/m1/s1. The molecule has 17 heavy (non-hydrogen) atoms. The number of aliphatic hydroxyl groups is 1. The number of thioether (sulfide) groups is 1. The second-order valence-electron chi connectivity index (χ2n) is 4.19. The molecule has 1 rings (SSSR count). The van der Waals surface area contributed by atoms with Gasteiger partial charge in [-0.2, -0.15) is 11.8 Å². The lowest BCUT2D eigenvalue weighted by Crippen LogP contribution is -2.53. The molecule has 0 aromatic rings. The first-order valence-electron chi connectivity index (χ1n) is 5.48. The van der Waals surface area contributed by atoms with Gasteiger partial charge in [0, 0.05) is 23.6 Å². The Balaban J connectivity index is 2.54. The predicted molar refractivity (Wildman–Crippen MR) is 65.1 cm³/mol. The van der Waals surface area contributed by atoms with E-state index in [9.17, 15) is 9.59 Å². The summed E-state index contributed by atoms with van der Waals surface area (Å²) in [7, 11) is 0. The molecule has 7 heteroatoms. The van der Waals surface area contributed by atoms with Gasteiger partial charge in [-0.05, 0) is 0 Å². The number of hydrogen-bond acceptors (Lipinski definition) is 4. The van der Waals surface area contributed by atoms with Crippen LogP contribution in [0.5, 0.6) is 0 Å². The zero-order valence-electron chi connectivity index (χ0n) is 9.92. The van der Waals surface area contributed by atoms with Gasteiger partial charge in [-0.1, -0.05) is 13.8 Å². The molecule has 3 atom stereocenters. The van der Waals surface area contributed by atoms with Crippen molar-refractivity contribution >= 4 is 23.8 Å². The fourth-order valence-corrected chi connectivity index (χ4v) is 3.09. The summed E-state index contributed by atoms with van der Waals surface area (Å²) < 4.78 is 0. The monoisotopic (exact) mass is 262 g/mol. The Labute approximate surface area is 104 Å². The van der Waals surface area contributed by atoms with E-state index in [0.717, 1.165) is 0 Å². The highest BCUT2D eigenvalue weighted by molar-refractivity contribution is 8.00. The van der Waals surface area contributed by atoms with Crippen molar-refractivity contribution in [3.8, 4) is 0 Å². The normalized spacial score (nSPS) is 26.4. The van der Waals surface area contributed by atoms with Crippen molar-refractivity contribution in [1.29, 1.82) is 0 Å².